The van der Waals surface area contributed by atoms with E-state index in [1.807, 2.05) is 18.5 Å². The van der Waals surface area contributed by atoms with E-state index in [0.29, 0.717) is 0 Å². The first-order chi connectivity index (χ1) is 15.7. The third-order valence-electron chi connectivity index (χ3n) is 7.20. The Bertz CT molecular complexity index is 990. The number of hydrogen-bond acceptors (Lipinski definition) is 3. The maximum absolute atomic E-state index is 6.10. The van der Waals surface area contributed by atoms with Crippen molar-refractivity contribution in [1.82, 2.24) is 10.2 Å². The van der Waals surface area contributed by atoms with E-state index in [9.17, 15) is 0 Å². The summed E-state index contributed by atoms with van der Waals surface area (Å²) in [5.74, 6) is 0. The Morgan fingerprint density at radius 3 is 1.94 bits per heavy atom. The summed E-state index contributed by atoms with van der Waals surface area (Å²) in [6.07, 6.45) is 5.08. The zero-order valence-corrected chi connectivity index (χ0v) is 19.1. The molecule has 0 bridgehead atoms. The van der Waals surface area contributed by atoms with Gasteiger partial charge in [-0.05, 0) is 61.2 Å². The number of aliphatic imine (C=N–C) groups is 1. The number of nitrogens with one attached hydrogen (secondary N) is 1. The molecule has 0 aromatic heterocycles. The van der Waals surface area contributed by atoms with Gasteiger partial charge in [-0.15, -0.1) is 0 Å². The molecule has 2 aliphatic heterocycles. The van der Waals surface area contributed by atoms with Crippen molar-refractivity contribution < 1.29 is 0 Å². The van der Waals surface area contributed by atoms with Gasteiger partial charge in [-0.3, -0.25) is 4.99 Å². The number of rotatable bonds is 6. The van der Waals surface area contributed by atoms with Crippen LogP contribution in [0.2, 0.25) is 5.02 Å². The molecule has 32 heavy (non-hydrogen) atoms. The zero-order valence-electron chi connectivity index (χ0n) is 18.4. The smallest absolute Gasteiger partial charge is 0.0830 e. The highest BCUT2D eigenvalue weighted by Crippen LogP contribution is 2.42. The normalized spacial score (nSPS) is 22.5. The summed E-state index contributed by atoms with van der Waals surface area (Å²) in [6, 6.07) is 30.4. The van der Waals surface area contributed by atoms with Crippen LogP contribution in [-0.2, 0) is 11.8 Å². The maximum atomic E-state index is 6.10. The van der Waals surface area contributed by atoms with Crippen LogP contribution < -0.4 is 5.32 Å². The summed E-state index contributed by atoms with van der Waals surface area (Å²) >= 11 is 6.10. The van der Waals surface area contributed by atoms with Gasteiger partial charge in [0.15, 0.2) is 0 Å². The number of piperidine rings is 1. The third-order valence-corrected chi connectivity index (χ3v) is 7.45. The average Bonchev–Trinajstić information content (AvgIpc) is 3.30. The molecule has 164 valence electrons. The fourth-order valence-corrected chi connectivity index (χ4v) is 5.61. The highest BCUT2D eigenvalue weighted by molar-refractivity contribution is 6.30. The first-order valence-corrected chi connectivity index (χ1v) is 11.9. The Morgan fingerprint density at radius 2 is 1.41 bits per heavy atom. The highest BCUT2D eigenvalue weighted by Gasteiger charge is 2.41. The molecule has 2 heterocycles. The molecular formula is C28H30ClN3. The van der Waals surface area contributed by atoms with E-state index in [0.717, 1.165) is 50.5 Å². The van der Waals surface area contributed by atoms with Gasteiger partial charge in [0.25, 0.3) is 0 Å². The van der Waals surface area contributed by atoms with Crippen molar-refractivity contribution in [3.8, 4) is 0 Å². The van der Waals surface area contributed by atoms with Gasteiger partial charge in [0, 0.05) is 17.0 Å². The minimum absolute atomic E-state index is 0.0483. The van der Waals surface area contributed by atoms with Crippen LogP contribution in [0.15, 0.2) is 89.9 Å². The molecular weight excluding hydrogens is 414 g/mol. The third kappa shape index (κ3) is 4.32. The van der Waals surface area contributed by atoms with Crippen LogP contribution in [0.3, 0.4) is 0 Å². The summed E-state index contributed by atoms with van der Waals surface area (Å²) in [4.78, 5) is 7.18. The SMILES string of the molecule is Clc1ccc(CC2(CN3CCC(c4ccccc4)(c4ccccc4)CC3)CN=CN2)cc1. The number of benzene rings is 3. The number of hydrogen-bond donors (Lipinski definition) is 1. The molecule has 1 fully saturated rings. The molecule has 0 aliphatic carbocycles. The number of likely N-dealkylation sites (tertiary alicyclic amines) is 1. The van der Waals surface area contributed by atoms with E-state index >= 15 is 0 Å². The van der Waals surface area contributed by atoms with Crippen LogP contribution in [0, 0.1) is 0 Å². The first-order valence-electron chi connectivity index (χ1n) is 11.5. The van der Waals surface area contributed by atoms with Gasteiger partial charge >= 0.3 is 0 Å². The van der Waals surface area contributed by atoms with E-state index < -0.39 is 0 Å². The molecule has 5 rings (SSSR count). The van der Waals surface area contributed by atoms with Crippen molar-refractivity contribution in [2.24, 2.45) is 4.99 Å². The van der Waals surface area contributed by atoms with Gasteiger partial charge in [-0.1, -0.05) is 84.4 Å². The Hall–Kier alpha value is -2.62. The molecule has 2 aliphatic rings. The van der Waals surface area contributed by atoms with Gasteiger partial charge in [-0.25, -0.2) is 0 Å². The molecule has 0 amide bonds. The van der Waals surface area contributed by atoms with Crippen molar-refractivity contribution in [3.05, 3.63) is 107 Å². The maximum Gasteiger partial charge on any atom is 0.0830 e. The number of halogens is 1. The van der Waals surface area contributed by atoms with E-state index in [1.54, 1.807) is 0 Å². The topological polar surface area (TPSA) is 27.6 Å². The molecule has 1 saturated heterocycles. The van der Waals surface area contributed by atoms with Gasteiger partial charge in [0.2, 0.25) is 0 Å². The lowest BCUT2D eigenvalue weighted by molar-refractivity contribution is 0.141. The molecule has 0 saturated carbocycles. The second-order valence-electron chi connectivity index (χ2n) is 9.29. The predicted molar refractivity (Wildman–Crippen MR) is 134 cm³/mol. The lowest BCUT2D eigenvalue weighted by Crippen LogP contribution is -2.56. The van der Waals surface area contributed by atoms with Crippen LogP contribution in [0.25, 0.3) is 0 Å². The van der Waals surface area contributed by atoms with Crippen molar-refractivity contribution >= 4 is 17.9 Å². The predicted octanol–water partition coefficient (Wildman–Crippen LogP) is 5.33. The molecule has 1 unspecified atom stereocenters. The lowest BCUT2D eigenvalue weighted by Gasteiger charge is -2.45. The van der Waals surface area contributed by atoms with Crippen molar-refractivity contribution in [2.75, 3.05) is 26.2 Å². The Kier molecular flexibility index (Phi) is 6.03. The van der Waals surface area contributed by atoms with E-state index in [1.165, 1.54) is 16.7 Å². The van der Waals surface area contributed by atoms with Crippen LogP contribution in [0.5, 0.6) is 0 Å². The largest absolute Gasteiger partial charge is 0.367 e. The van der Waals surface area contributed by atoms with Crippen molar-refractivity contribution in [3.63, 3.8) is 0 Å². The average molecular weight is 444 g/mol. The fourth-order valence-electron chi connectivity index (χ4n) is 5.48. The van der Waals surface area contributed by atoms with E-state index in [4.69, 9.17) is 11.6 Å². The molecule has 0 radical (unpaired) electrons. The zero-order chi connectivity index (χ0) is 21.9. The van der Waals surface area contributed by atoms with Crippen molar-refractivity contribution in [1.29, 1.82) is 0 Å². The van der Waals surface area contributed by atoms with Crippen molar-refractivity contribution in [2.45, 2.75) is 30.2 Å². The second kappa shape index (κ2) is 9.09. The monoisotopic (exact) mass is 443 g/mol. The molecule has 4 heteroatoms. The fraction of sp³-hybridized carbons (Fsp3) is 0.321. The summed E-state index contributed by atoms with van der Waals surface area (Å²) in [5, 5.41) is 4.38. The van der Waals surface area contributed by atoms with Gasteiger partial charge in [0.05, 0.1) is 18.4 Å². The van der Waals surface area contributed by atoms with Crippen LogP contribution >= 0.6 is 11.6 Å². The molecule has 3 nitrogen and oxygen atoms in total. The minimum Gasteiger partial charge on any atom is -0.367 e. The highest BCUT2D eigenvalue weighted by atomic mass is 35.5. The Morgan fingerprint density at radius 1 is 0.812 bits per heavy atom. The molecule has 3 aromatic carbocycles. The molecule has 1 atom stereocenters. The summed E-state index contributed by atoms with van der Waals surface area (Å²) < 4.78 is 0. The summed E-state index contributed by atoms with van der Waals surface area (Å²) in [5.41, 5.74) is 4.20. The van der Waals surface area contributed by atoms with Crippen LogP contribution in [-0.4, -0.2) is 43.0 Å². The van der Waals surface area contributed by atoms with Gasteiger partial charge < -0.3 is 10.2 Å². The standard InChI is InChI=1S/C28H30ClN3/c29-26-13-11-23(12-14-26)19-27(20-30-22-31-27)21-32-17-15-28(16-18-32,24-7-3-1-4-8-24)25-9-5-2-6-10-25/h1-14,22H,15-21H2,(H,30,31). The van der Waals surface area contributed by atoms with Crippen LogP contribution in [0.1, 0.15) is 29.5 Å². The minimum atomic E-state index is -0.0483. The second-order valence-corrected chi connectivity index (χ2v) is 9.72. The van der Waals surface area contributed by atoms with Crippen LogP contribution in [0.4, 0.5) is 0 Å². The van der Waals surface area contributed by atoms with E-state index in [-0.39, 0.29) is 11.0 Å². The van der Waals surface area contributed by atoms with Gasteiger partial charge in [-0.2, -0.15) is 0 Å². The Labute approximate surface area is 196 Å². The number of nitrogens with zero attached hydrogens (tertiary/aromatic N) is 2. The Balaban J connectivity index is 1.34. The van der Waals surface area contributed by atoms with Gasteiger partial charge in [0.1, 0.15) is 0 Å². The summed E-state index contributed by atoms with van der Waals surface area (Å²) in [7, 11) is 0. The first kappa shape index (κ1) is 21.2. The quantitative estimate of drug-likeness (QED) is 0.557. The molecule has 3 aromatic rings. The molecule has 0 spiro atoms. The summed E-state index contributed by atoms with van der Waals surface area (Å²) in [6.45, 7) is 3.96. The van der Waals surface area contributed by atoms with E-state index in [2.05, 4.69) is 88.0 Å². The lowest BCUT2D eigenvalue weighted by atomic mass is 9.68. The molecule has 1 N–H and O–H groups in total.